The van der Waals surface area contributed by atoms with E-state index in [9.17, 15) is 13.2 Å². The topological polar surface area (TPSA) is 115 Å². The Morgan fingerprint density at radius 3 is 2.68 bits per heavy atom. The Labute approximate surface area is 109 Å². The average Bonchev–Trinajstić information content (AvgIpc) is 2.87. The van der Waals surface area contributed by atoms with Crippen LogP contribution in [-0.4, -0.2) is 19.3 Å². The molecule has 7 nitrogen and oxygen atoms in total. The van der Waals surface area contributed by atoms with Crippen molar-refractivity contribution in [2.24, 2.45) is 5.14 Å². The zero-order chi connectivity index (χ0) is 13.9. The van der Waals surface area contributed by atoms with Crippen LogP contribution in [0.2, 0.25) is 0 Å². The van der Waals surface area contributed by atoms with Crippen molar-refractivity contribution in [3.8, 4) is 0 Å². The molecule has 0 radical (unpaired) electrons. The highest BCUT2D eigenvalue weighted by molar-refractivity contribution is 7.89. The number of amides is 1. The van der Waals surface area contributed by atoms with Gasteiger partial charge in [-0.25, -0.2) is 13.6 Å². The van der Waals surface area contributed by atoms with Gasteiger partial charge in [-0.3, -0.25) is 9.78 Å². The van der Waals surface area contributed by atoms with E-state index in [-0.39, 0.29) is 12.3 Å². The van der Waals surface area contributed by atoms with Crippen LogP contribution >= 0.6 is 0 Å². The van der Waals surface area contributed by atoms with Crippen LogP contribution in [-0.2, 0) is 16.6 Å². The molecular formula is C11H11N3O4S. The SMILES string of the molecule is NS(=O)(=O)c1ccc(C(=O)NCc2ccccn2)o1. The number of nitrogens with one attached hydrogen (secondary N) is 1. The van der Waals surface area contributed by atoms with E-state index in [1.165, 1.54) is 6.07 Å². The lowest BCUT2D eigenvalue weighted by Gasteiger charge is -2.02. The molecule has 0 bridgehead atoms. The van der Waals surface area contributed by atoms with Gasteiger partial charge in [0, 0.05) is 6.20 Å². The average molecular weight is 281 g/mol. The summed E-state index contributed by atoms with van der Waals surface area (Å²) in [6.07, 6.45) is 1.60. The standard InChI is InChI=1S/C11H11N3O4S/c12-19(16,17)10-5-4-9(18-10)11(15)14-7-8-3-1-2-6-13-8/h1-6H,7H2,(H,14,15)(H2,12,16,17). The van der Waals surface area contributed by atoms with Crippen molar-refractivity contribution in [3.63, 3.8) is 0 Å². The molecule has 0 aliphatic carbocycles. The minimum absolute atomic E-state index is 0.125. The minimum atomic E-state index is -3.94. The van der Waals surface area contributed by atoms with Gasteiger partial charge >= 0.3 is 0 Å². The van der Waals surface area contributed by atoms with Gasteiger partial charge in [-0.05, 0) is 24.3 Å². The molecule has 2 aromatic rings. The van der Waals surface area contributed by atoms with Crippen molar-refractivity contribution >= 4 is 15.9 Å². The summed E-state index contributed by atoms with van der Waals surface area (Å²) in [6.45, 7) is 0.213. The number of furan rings is 1. The van der Waals surface area contributed by atoms with E-state index < -0.39 is 21.0 Å². The maximum atomic E-state index is 11.7. The second-order valence-electron chi connectivity index (χ2n) is 3.67. The second-order valence-corrected chi connectivity index (χ2v) is 5.16. The van der Waals surface area contributed by atoms with Crippen molar-refractivity contribution in [3.05, 3.63) is 48.0 Å². The molecule has 0 aliphatic heterocycles. The van der Waals surface area contributed by atoms with E-state index in [1.807, 2.05) is 0 Å². The Kier molecular flexibility index (Phi) is 3.63. The first-order valence-electron chi connectivity index (χ1n) is 5.27. The van der Waals surface area contributed by atoms with E-state index in [0.717, 1.165) is 6.07 Å². The number of aromatic nitrogens is 1. The van der Waals surface area contributed by atoms with Crippen molar-refractivity contribution in [1.82, 2.24) is 10.3 Å². The summed E-state index contributed by atoms with van der Waals surface area (Å²) >= 11 is 0. The number of rotatable bonds is 4. The van der Waals surface area contributed by atoms with E-state index in [2.05, 4.69) is 10.3 Å². The molecule has 2 aromatic heterocycles. The van der Waals surface area contributed by atoms with Crippen molar-refractivity contribution in [1.29, 1.82) is 0 Å². The second kappa shape index (κ2) is 5.21. The lowest BCUT2D eigenvalue weighted by molar-refractivity contribution is 0.0917. The number of carbonyl (C=O) groups excluding carboxylic acids is 1. The summed E-state index contributed by atoms with van der Waals surface area (Å²) in [5.74, 6) is -0.666. The lowest BCUT2D eigenvalue weighted by atomic mass is 10.3. The maximum Gasteiger partial charge on any atom is 0.287 e. The Bertz CT molecular complexity index is 679. The van der Waals surface area contributed by atoms with Crippen LogP contribution in [0.15, 0.2) is 46.0 Å². The predicted octanol–water partition coefficient (Wildman–Crippen LogP) is 0.252. The van der Waals surface area contributed by atoms with Gasteiger partial charge in [0.05, 0.1) is 12.2 Å². The Morgan fingerprint density at radius 2 is 2.11 bits per heavy atom. The summed E-state index contributed by atoms with van der Waals surface area (Å²) in [5, 5.41) is 6.97. The molecule has 19 heavy (non-hydrogen) atoms. The quantitative estimate of drug-likeness (QED) is 0.833. The minimum Gasteiger partial charge on any atom is -0.438 e. The zero-order valence-electron chi connectivity index (χ0n) is 9.74. The maximum absolute atomic E-state index is 11.7. The number of hydrogen-bond acceptors (Lipinski definition) is 5. The fraction of sp³-hybridized carbons (Fsp3) is 0.0909. The van der Waals surface area contributed by atoms with Crippen LogP contribution in [0.4, 0.5) is 0 Å². The summed E-state index contributed by atoms with van der Waals surface area (Å²) < 4.78 is 26.8. The number of nitrogens with two attached hydrogens (primary N) is 1. The molecule has 3 N–H and O–H groups in total. The van der Waals surface area contributed by atoms with Crippen molar-refractivity contribution < 1.29 is 17.6 Å². The van der Waals surface area contributed by atoms with E-state index in [1.54, 1.807) is 24.4 Å². The van der Waals surface area contributed by atoms with Crippen LogP contribution in [0.1, 0.15) is 16.2 Å². The van der Waals surface area contributed by atoms with Gasteiger partial charge in [-0.1, -0.05) is 6.07 Å². The first-order valence-corrected chi connectivity index (χ1v) is 6.82. The van der Waals surface area contributed by atoms with Crippen LogP contribution < -0.4 is 10.5 Å². The molecule has 0 aromatic carbocycles. The van der Waals surface area contributed by atoms with Crippen molar-refractivity contribution in [2.75, 3.05) is 0 Å². The van der Waals surface area contributed by atoms with Crippen LogP contribution in [0.25, 0.3) is 0 Å². The Morgan fingerprint density at radius 1 is 1.32 bits per heavy atom. The summed E-state index contributed by atoms with van der Waals surface area (Å²) in [4.78, 5) is 15.7. The molecule has 0 saturated heterocycles. The third kappa shape index (κ3) is 3.39. The van der Waals surface area contributed by atoms with Gasteiger partial charge in [0.1, 0.15) is 0 Å². The predicted molar refractivity (Wildman–Crippen MR) is 65.5 cm³/mol. The highest BCUT2D eigenvalue weighted by Crippen LogP contribution is 2.12. The smallest absolute Gasteiger partial charge is 0.287 e. The van der Waals surface area contributed by atoms with E-state index in [4.69, 9.17) is 9.56 Å². The van der Waals surface area contributed by atoms with Gasteiger partial charge in [-0.15, -0.1) is 0 Å². The molecule has 0 saturated carbocycles. The van der Waals surface area contributed by atoms with E-state index >= 15 is 0 Å². The third-order valence-electron chi connectivity index (χ3n) is 2.24. The van der Waals surface area contributed by atoms with Crippen LogP contribution in [0.5, 0.6) is 0 Å². The zero-order valence-corrected chi connectivity index (χ0v) is 10.6. The molecule has 8 heteroatoms. The van der Waals surface area contributed by atoms with Gasteiger partial charge < -0.3 is 9.73 Å². The fourth-order valence-corrected chi connectivity index (χ4v) is 1.82. The van der Waals surface area contributed by atoms with Gasteiger partial charge in [0.25, 0.3) is 15.9 Å². The number of carbonyl (C=O) groups is 1. The van der Waals surface area contributed by atoms with Crippen LogP contribution in [0.3, 0.4) is 0 Å². The Balaban J connectivity index is 2.03. The molecule has 0 unspecified atom stereocenters. The van der Waals surface area contributed by atoms with Gasteiger partial charge in [0.2, 0.25) is 5.09 Å². The fourth-order valence-electron chi connectivity index (χ4n) is 1.36. The molecule has 0 fully saturated rings. The number of hydrogen-bond donors (Lipinski definition) is 2. The molecular weight excluding hydrogens is 270 g/mol. The Hall–Kier alpha value is -2.19. The summed E-state index contributed by atoms with van der Waals surface area (Å²) in [6, 6.07) is 7.67. The van der Waals surface area contributed by atoms with E-state index in [0.29, 0.717) is 5.69 Å². The highest BCUT2D eigenvalue weighted by Gasteiger charge is 2.17. The molecule has 2 heterocycles. The monoisotopic (exact) mass is 281 g/mol. The summed E-state index contributed by atoms with van der Waals surface area (Å²) in [5.41, 5.74) is 0.675. The molecule has 100 valence electrons. The number of sulfonamides is 1. The molecule has 2 rings (SSSR count). The number of primary sulfonamides is 1. The van der Waals surface area contributed by atoms with Gasteiger partial charge in [-0.2, -0.15) is 0 Å². The number of pyridine rings is 1. The lowest BCUT2D eigenvalue weighted by Crippen LogP contribution is -2.22. The molecule has 0 atom stereocenters. The van der Waals surface area contributed by atoms with Crippen molar-refractivity contribution in [2.45, 2.75) is 11.6 Å². The molecule has 0 spiro atoms. The first-order chi connectivity index (χ1) is 8.97. The normalized spacial score (nSPS) is 11.2. The largest absolute Gasteiger partial charge is 0.438 e. The number of nitrogens with zero attached hydrogens (tertiary/aromatic N) is 1. The molecule has 0 aliphatic rings. The molecule has 1 amide bonds. The van der Waals surface area contributed by atoms with Crippen LogP contribution in [0, 0.1) is 0 Å². The highest BCUT2D eigenvalue weighted by atomic mass is 32.2. The first kappa shape index (κ1) is 13.2. The summed E-state index contributed by atoms with van der Waals surface area (Å²) in [7, 11) is -3.94. The third-order valence-corrected chi connectivity index (χ3v) is 3.02. The van der Waals surface area contributed by atoms with Gasteiger partial charge in [0.15, 0.2) is 5.76 Å².